The molecule has 13 heteroatoms. The minimum Gasteiger partial charge on any atom is -0.460 e. The molecule has 0 amide bonds. The van der Waals surface area contributed by atoms with Crippen LogP contribution in [0.1, 0.15) is 38.5 Å². The lowest BCUT2D eigenvalue weighted by atomic mass is 9.48. The van der Waals surface area contributed by atoms with Crippen molar-refractivity contribution in [3.05, 3.63) is 0 Å². The monoisotopic (exact) mass is 436 g/mol. The van der Waals surface area contributed by atoms with Gasteiger partial charge in [-0.25, -0.2) is 9.59 Å². The second-order valence-electron chi connectivity index (χ2n) is 8.10. The van der Waals surface area contributed by atoms with E-state index in [2.05, 4.69) is 4.74 Å². The number of esters is 2. The Kier molecular flexibility index (Phi) is 4.73. The van der Waals surface area contributed by atoms with Gasteiger partial charge in [-0.15, -0.1) is 0 Å². The van der Waals surface area contributed by atoms with Crippen LogP contribution in [0.2, 0.25) is 0 Å². The second-order valence-corrected chi connectivity index (χ2v) is 9.56. The maximum absolute atomic E-state index is 13.4. The lowest BCUT2D eigenvalue weighted by Gasteiger charge is -2.60. The van der Waals surface area contributed by atoms with E-state index in [0.29, 0.717) is 19.3 Å². The summed E-state index contributed by atoms with van der Waals surface area (Å²) in [5.41, 5.74) is -2.42. The molecule has 0 heterocycles. The van der Waals surface area contributed by atoms with Crippen LogP contribution in [0.4, 0.5) is 22.0 Å². The Morgan fingerprint density at radius 1 is 1.00 bits per heavy atom. The van der Waals surface area contributed by atoms with Crippen LogP contribution in [0, 0.1) is 17.3 Å². The predicted octanol–water partition coefficient (Wildman–Crippen LogP) is 2.45. The molecule has 0 aromatic rings. The summed E-state index contributed by atoms with van der Waals surface area (Å²) in [5.74, 6) is -5.07. The van der Waals surface area contributed by atoms with Gasteiger partial charge in [0.15, 0.2) is 0 Å². The molecule has 28 heavy (non-hydrogen) atoms. The Morgan fingerprint density at radius 2 is 1.54 bits per heavy atom. The lowest BCUT2D eigenvalue weighted by Crippen LogP contribution is -2.59. The van der Waals surface area contributed by atoms with Crippen LogP contribution in [0.3, 0.4) is 0 Å². The lowest BCUT2D eigenvalue weighted by molar-refractivity contribution is -0.242. The molecule has 4 fully saturated rings. The summed E-state index contributed by atoms with van der Waals surface area (Å²) >= 11 is 0. The summed E-state index contributed by atoms with van der Waals surface area (Å²) in [4.78, 5) is 22.8. The van der Waals surface area contributed by atoms with Crippen LogP contribution in [-0.2, 0) is 29.2 Å². The zero-order chi connectivity index (χ0) is 21.2. The van der Waals surface area contributed by atoms with E-state index in [1.165, 1.54) is 0 Å². The molecule has 0 radical (unpaired) electrons. The zero-order valence-corrected chi connectivity index (χ0v) is 15.1. The van der Waals surface area contributed by atoms with E-state index in [1.54, 1.807) is 0 Å². The molecule has 0 aromatic heterocycles. The molecule has 4 bridgehead atoms. The fraction of sp³-hybridized carbons (Fsp3) is 0.867. The molecule has 160 valence electrons. The van der Waals surface area contributed by atoms with Gasteiger partial charge in [-0.05, 0) is 50.4 Å². The summed E-state index contributed by atoms with van der Waals surface area (Å²) < 4.78 is 103. The molecule has 2 atom stereocenters. The van der Waals surface area contributed by atoms with Crippen LogP contribution in [0.5, 0.6) is 0 Å². The first kappa shape index (κ1) is 21.2. The van der Waals surface area contributed by atoms with Gasteiger partial charge < -0.3 is 9.47 Å². The number of hydrogen-bond acceptors (Lipinski definition) is 6. The van der Waals surface area contributed by atoms with Crippen LogP contribution >= 0.6 is 0 Å². The highest BCUT2D eigenvalue weighted by Crippen LogP contribution is 2.63. The van der Waals surface area contributed by atoms with Gasteiger partial charge in [-0.2, -0.15) is 30.4 Å². The van der Waals surface area contributed by atoms with Crippen molar-refractivity contribution in [2.45, 2.75) is 55.6 Å². The standard InChI is InChI=1S/C15H17F5O7S/c16-14(17,18)10(21)27-13-4-8-1-9(5-13)3-12(2-8,6-13)7-26-11(22)15(19,20)28(23,24)25/h8-9H,1-7H2,(H,23,24,25). The molecule has 1 N–H and O–H groups in total. The van der Waals surface area contributed by atoms with Gasteiger partial charge in [0.05, 0.1) is 6.61 Å². The number of alkyl halides is 5. The van der Waals surface area contributed by atoms with Crippen LogP contribution in [0.25, 0.3) is 0 Å². The molecule has 0 aromatic carbocycles. The summed E-state index contributed by atoms with van der Waals surface area (Å²) in [7, 11) is -6.03. The van der Waals surface area contributed by atoms with Crippen molar-refractivity contribution in [3.63, 3.8) is 0 Å². The van der Waals surface area contributed by atoms with Crippen molar-refractivity contribution in [2.75, 3.05) is 6.61 Å². The normalized spacial score (nSPS) is 34.9. The first-order valence-corrected chi connectivity index (χ1v) is 9.84. The molecular formula is C15H17F5O7S. The Morgan fingerprint density at radius 3 is 2.00 bits per heavy atom. The average molecular weight is 436 g/mol. The van der Waals surface area contributed by atoms with E-state index in [0.717, 1.165) is 0 Å². The van der Waals surface area contributed by atoms with Gasteiger partial charge in [-0.3, -0.25) is 4.55 Å². The van der Waals surface area contributed by atoms with Gasteiger partial charge in [0.25, 0.3) is 0 Å². The number of hydrogen-bond donors (Lipinski definition) is 1. The van der Waals surface area contributed by atoms with Gasteiger partial charge in [0.2, 0.25) is 0 Å². The molecule has 4 rings (SSSR count). The Hall–Kier alpha value is -1.50. The van der Waals surface area contributed by atoms with Gasteiger partial charge in [0, 0.05) is 5.41 Å². The molecule has 0 spiro atoms. The molecule has 2 unspecified atom stereocenters. The van der Waals surface area contributed by atoms with Crippen molar-refractivity contribution in [3.8, 4) is 0 Å². The molecule has 4 saturated carbocycles. The second kappa shape index (κ2) is 6.25. The van der Waals surface area contributed by atoms with Crippen LogP contribution in [0.15, 0.2) is 0 Å². The highest BCUT2D eigenvalue weighted by Gasteiger charge is 2.62. The Labute approximate surface area is 156 Å². The fourth-order valence-corrected chi connectivity index (χ4v) is 5.59. The smallest absolute Gasteiger partial charge is 0.460 e. The van der Waals surface area contributed by atoms with Gasteiger partial charge in [0.1, 0.15) is 5.60 Å². The molecule has 4 aliphatic rings. The third-order valence-electron chi connectivity index (χ3n) is 5.74. The maximum Gasteiger partial charge on any atom is 0.490 e. The topological polar surface area (TPSA) is 107 Å². The number of carbonyl (C=O) groups excluding carboxylic acids is 2. The molecule has 0 saturated heterocycles. The van der Waals surface area contributed by atoms with Crippen molar-refractivity contribution >= 4 is 22.1 Å². The third kappa shape index (κ3) is 3.70. The molecular weight excluding hydrogens is 419 g/mol. The zero-order valence-electron chi connectivity index (χ0n) is 14.3. The minimum atomic E-state index is -6.03. The average Bonchev–Trinajstić information content (AvgIpc) is 2.48. The minimum absolute atomic E-state index is 0.112. The van der Waals surface area contributed by atoms with Gasteiger partial charge in [-0.1, -0.05) is 0 Å². The van der Waals surface area contributed by atoms with Crippen molar-refractivity contribution in [1.29, 1.82) is 0 Å². The summed E-state index contributed by atoms with van der Waals surface area (Å²) in [6.45, 7) is -0.671. The fourth-order valence-electron chi connectivity index (χ4n) is 5.32. The highest BCUT2D eigenvalue weighted by atomic mass is 32.2. The molecule has 0 aliphatic heterocycles. The van der Waals surface area contributed by atoms with E-state index in [1.807, 2.05) is 0 Å². The SMILES string of the molecule is O=C(OC12CC3CC(CC(COC(=O)C(F)(F)S(=O)(=O)O)(C3)C1)C2)C(F)(F)F. The number of carbonyl (C=O) groups is 2. The summed E-state index contributed by atoms with van der Waals surface area (Å²) in [6.07, 6.45) is -3.51. The molecule has 4 aliphatic carbocycles. The molecule has 7 nitrogen and oxygen atoms in total. The van der Waals surface area contributed by atoms with E-state index in [9.17, 15) is 40.0 Å². The Balaban J connectivity index is 1.76. The van der Waals surface area contributed by atoms with E-state index >= 15 is 0 Å². The quantitative estimate of drug-likeness (QED) is 0.401. The summed E-state index contributed by atoms with van der Waals surface area (Å²) in [5, 5.41) is -5.16. The maximum atomic E-state index is 13.4. The van der Waals surface area contributed by atoms with Gasteiger partial charge >= 0.3 is 33.5 Å². The van der Waals surface area contributed by atoms with Crippen LogP contribution < -0.4 is 0 Å². The predicted molar refractivity (Wildman–Crippen MR) is 79.4 cm³/mol. The number of halogens is 5. The van der Waals surface area contributed by atoms with Crippen molar-refractivity contribution in [2.24, 2.45) is 17.3 Å². The first-order valence-electron chi connectivity index (χ1n) is 8.40. The third-order valence-corrected chi connectivity index (χ3v) is 6.55. The van der Waals surface area contributed by atoms with Crippen molar-refractivity contribution in [1.82, 2.24) is 0 Å². The first-order chi connectivity index (χ1) is 12.6. The largest absolute Gasteiger partial charge is 0.490 e. The van der Waals surface area contributed by atoms with E-state index < -0.39 is 51.1 Å². The van der Waals surface area contributed by atoms with E-state index in [-0.39, 0.29) is 31.1 Å². The summed E-state index contributed by atoms with van der Waals surface area (Å²) in [6, 6.07) is 0. The van der Waals surface area contributed by atoms with E-state index in [4.69, 9.17) is 9.29 Å². The Bertz CT molecular complexity index is 777. The highest BCUT2D eigenvalue weighted by molar-refractivity contribution is 7.87. The number of ether oxygens (including phenoxy) is 2. The van der Waals surface area contributed by atoms with Crippen LogP contribution in [-0.4, -0.2) is 48.5 Å². The number of rotatable bonds is 5. The van der Waals surface area contributed by atoms with Crippen molar-refractivity contribution < 1.29 is 54.0 Å².